The van der Waals surface area contributed by atoms with E-state index in [-0.39, 0.29) is 0 Å². The van der Waals surface area contributed by atoms with E-state index in [2.05, 4.69) is 49.0 Å². The van der Waals surface area contributed by atoms with Crippen LogP contribution in [0.2, 0.25) is 0 Å². The number of nitriles is 1. The number of hydrogen-bond donors (Lipinski definition) is 0. The van der Waals surface area contributed by atoms with Gasteiger partial charge in [-0.1, -0.05) is 12.1 Å². The van der Waals surface area contributed by atoms with Gasteiger partial charge in [0.05, 0.1) is 29.7 Å². The highest BCUT2D eigenvalue weighted by Gasteiger charge is 2.20. The van der Waals surface area contributed by atoms with E-state index in [0.717, 1.165) is 48.3 Å². The van der Waals surface area contributed by atoms with Gasteiger partial charge in [0.1, 0.15) is 4.60 Å². The fourth-order valence-corrected chi connectivity index (χ4v) is 3.11. The van der Waals surface area contributed by atoms with Crippen LogP contribution >= 0.6 is 15.9 Å². The van der Waals surface area contributed by atoms with E-state index in [1.807, 2.05) is 18.3 Å². The molecule has 0 atom stereocenters. The van der Waals surface area contributed by atoms with Crippen LogP contribution in [0.25, 0.3) is 0 Å². The van der Waals surface area contributed by atoms with Crippen LogP contribution in [-0.4, -0.2) is 28.0 Å². The van der Waals surface area contributed by atoms with Crippen molar-refractivity contribution in [2.75, 3.05) is 13.1 Å². The number of piperidine rings is 1. The molecule has 4 nitrogen and oxygen atoms in total. The summed E-state index contributed by atoms with van der Waals surface area (Å²) >= 11 is 3.31. The Bertz CT molecular complexity index is 653. The first kappa shape index (κ1) is 15.1. The van der Waals surface area contributed by atoms with Gasteiger partial charge < -0.3 is 0 Å². The highest BCUT2D eigenvalue weighted by atomic mass is 79.9. The molecule has 0 spiro atoms. The first-order chi connectivity index (χ1) is 10.7. The molecule has 2 heterocycles. The fraction of sp³-hybridized carbons (Fsp3) is 0.353. The standard InChI is InChI=1S/C17H17BrN4/c18-17-11-20-16(10-21-17)12-22-7-5-15(6-8-22)14-3-1-13(9-19)2-4-14/h1-4,10-11,15H,5-8,12H2. The van der Waals surface area contributed by atoms with Crippen molar-refractivity contribution in [2.24, 2.45) is 0 Å². The van der Waals surface area contributed by atoms with Crippen LogP contribution < -0.4 is 0 Å². The second-order valence-electron chi connectivity index (χ2n) is 5.61. The van der Waals surface area contributed by atoms with Crippen molar-refractivity contribution in [1.82, 2.24) is 14.9 Å². The van der Waals surface area contributed by atoms with Gasteiger partial charge >= 0.3 is 0 Å². The van der Waals surface area contributed by atoms with E-state index in [1.165, 1.54) is 5.56 Å². The highest BCUT2D eigenvalue weighted by molar-refractivity contribution is 9.10. The zero-order valence-corrected chi connectivity index (χ0v) is 13.8. The molecule has 112 valence electrons. The Morgan fingerprint density at radius 1 is 1.14 bits per heavy atom. The molecular formula is C17H17BrN4. The third kappa shape index (κ3) is 3.70. The number of rotatable bonds is 3. The molecule has 0 N–H and O–H groups in total. The lowest BCUT2D eigenvalue weighted by Gasteiger charge is -2.31. The average Bonchev–Trinajstić information content (AvgIpc) is 2.58. The Hall–Kier alpha value is -1.77. The lowest BCUT2D eigenvalue weighted by molar-refractivity contribution is 0.202. The molecule has 3 rings (SSSR count). The van der Waals surface area contributed by atoms with Crippen molar-refractivity contribution in [3.8, 4) is 6.07 Å². The van der Waals surface area contributed by atoms with Crippen molar-refractivity contribution >= 4 is 15.9 Å². The summed E-state index contributed by atoms with van der Waals surface area (Å²) in [5, 5.41) is 8.86. The van der Waals surface area contributed by atoms with E-state index in [9.17, 15) is 0 Å². The van der Waals surface area contributed by atoms with Gasteiger partial charge in [0, 0.05) is 6.54 Å². The van der Waals surface area contributed by atoms with Gasteiger partial charge in [-0.3, -0.25) is 9.88 Å². The Balaban J connectivity index is 1.55. The molecule has 1 aliphatic rings. The predicted molar refractivity (Wildman–Crippen MR) is 88.1 cm³/mol. The lowest BCUT2D eigenvalue weighted by Crippen LogP contribution is -2.32. The number of benzene rings is 1. The van der Waals surface area contributed by atoms with Crippen LogP contribution in [0, 0.1) is 11.3 Å². The summed E-state index contributed by atoms with van der Waals surface area (Å²) < 4.78 is 0.774. The van der Waals surface area contributed by atoms with Crippen molar-refractivity contribution in [3.63, 3.8) is 0 Å². The topological polar surface area (TPSA) is 52.8 Å². The highest BCUT2D eigenvalue weighted by Crippen LogP contribution is 2.28. The maximum absolute atomic E-state index is 8.86. The Morgan fingerprint density at radius 2 is 1.86 bits per heavy atom. The van der Waals surface area contributed by atoms with Gasteiger partial charge in [-0.25, -0.2) is 4.98 Å². The lowest BCUT2D eigenvalue weighted by atomic mass is 9.89. The molecule has 1 aromatic heterocycles. The van der Waals surface area contributed by atoms with Gasteiger partial charge in [0.2, 0.25) is 0 Å². The summed E-state index contributed by atoms with van der Waals surface area (Å²) in [7, 11) is 0. The van der Waals surface area contributed by atoms with Gasteiger partial charge in [0.25, 0.3) is 0 Å². The summed E-state index contributed by atoms with van der Waals surface area (Å²) in [6.07, 6.45) is 5.88. The number of hydrogen-bond acceptors (Lipinski definition) is 4. The largest absolute Gasteiger partial charge is 0.297 e. The molecule has 0 bridgehead atoms. The number of aromatic nitrogens is 2. The molecule has 22 heavy (non-hydrogen) atoms. The summed E-state index contributed by atoms with van der Waals surface area (Å²) in [5.41, 5.74) is 3.09. The summed E-state index contributed by atoms with van der Waals surface area (Å²) in [4.78, 5) is 11.0. The third-order valence-electron chi connectivity index (χ3n) is 4.16. The van der Waals surface area contributed by atoms with Crippen LogP contribution in [-0.2, 0) is 6.54 Å². The second kappa shape index (κ2) is 6.99. The Kier molecular flexibility index (Phi) is 4.81. The molecule has 0 unspecified atom stereocenters. The van der Waals surface area contributed by atoms with E-state index in [0.29, 0.717) is 5.92 Å². The first-order valence-electron chi connectivity index (χ1n) is 7.43. The van der Waals surface area contributed by atoms with Crippen molar-refractivity contribution in [1.29, 1.82) is 5.26 Å². The van der Waals surface area contributed by atoms with E-state index >= 15 is 0 Å². The minimum atomic E-state index is 0.597. The molecule has 0 amide bonds. The van der Waals surface area contributed by atoms with E-state index < -0.39 is 0 Å². The van der Waals surface area contributed by atoms with Crippen LogP contribution in [0.5, 0.6) is 0 Å². The molecule has 1 fully saturated rings. The summed E-state index contributed by atoms with van der Waals surface area (Å²) in [5.74, 6) is 0.597. The molecule has 5 heteroatoms. The van der Waals surface area contributed by atoms with Gasteiger partial charge in [-0.05, 0) is 65.5 Å². The zero-order chi connectivity index (χ0) is 15.4. The number of likely N-dealkylation sites (tertiary alicyclic amines) is 1. The Morgan fingerprint density at radius 3 is 2.45 bits per heavy atom. The number of halogens is 1. The molecule has 0 radical (unpaired) electrons. The molecule has 1 saturated heterocycles. The summed E-state index contributed by atoms with van der Waals surface area (Å²) in [6, 6.07) is 10.2. The average molecular weight is 357 g/mol. The predicted octanol–water partition coefficient (Wildman–Crippen LogP) is 3.49. The minimum Gasteiger partial charge on any atom is -0.297 e. The first-order valence-corrected chi connectivity index (χ1v) is 8.23. The van der Waals surface area contributed by atoms with Crippen LogP contribution in [0.4, 0.5) is 0 Å². The molecule has 1 aromatic carbocycles. The summed E-state index contributed by atoms with van der Waals surface area (Å²) in [6.45, 7) is 3.01. The zero-order valence-electron chi connectivity index (χ0n) is 12.2. The molecule has 0 saturated carbocycles. The maximum atomic E-state index is 8.86. The molecule has 0 aliphatic carbocycles. The van der Waals surface area contributed by atoms with Crippen LogP contribution in [0.3, 0.4) is 0 Å². The van der Waals surface area contributed by atoms with Crippen molar-refractivity contribution < 1.29 is 0 Å². The molecular weight excluding hydrogens is 340 g/mol. The fourth-order valence-electron chi connectivity index (χ4n) is 2.90. The monoisotopic (exact) mass is 356 g/mol. The SMILES string of the molecule is N#Cc1ccc(C2CCN(Cc3cnc(Br)cn3)CC2)cc1. The third-order valence-corrected chi connectivity index (χ3v) is 4.57. The van der Waals surface area contributed by atoms with E-state index in [4.69, 9.17) is 5.26 Å². The molecule has 1 aliphatic heterocycles. The maximum Gasteiger partial charge on any atom is 0.124 e. The Labute approximate surface area is 138 Å². The second-order valence-corrected chi connectivity index (χ2v) is 6.43. The number of nitrogens with zero attached hydrogens (tertiary/aromatic N) is 4. The normalized spacial score (nSPS) is 16.4. The smallest absolute Gasteiger partial charge is 0.124 e. The van der Waals surface area contributed by atoms with Gasteiger partial charge in [0.15, 0.2) is 0 Å². The molecule has 2 aromatic rings. The van der Waals surface area contributed by atoms with E-state index in [1.54, 1.807) is 6.20 Å². The quantitative estimate of drug-likeness (QED) is 0.844. The van der Waals surface area contributed by atoms with Crippen LogP contribution in [0.15, 0.2) is 41.3 Å². The van der Waals surface area contributed by atoms with Crippen molar-refractivity contribution in [3.05, 3.63) is 58.1 Å². The van der Waals surface area contributed by atoms with Gasteiger partial charge in [-0.2, -0.15) is 5.26 Å². The van der Waals surface area contributed by atoms with Gasteiger partial charge in [-0.15, -0.1) is 0 Å². The van der Waals surface area contributed by atoms with Crippen LogP contribution in [0.1, 0.15) is 35.6 Å². The minimum absolute atomic E-state index is 0.597. The van der Waals surface area contributed by atoms with Crippen molar-refractivity contribution in [2.45, 2.75) is 25.3 Å².